The fourth-order valence-corrected chi connectivity index (χ4v) is 2.16. The Morgan fingerprint density at radius 1 is 1.47 bits per heavy atom. The molecule has 1 saturated carbocycles. The predicted molar refractivity (Wildman–Crippen MR) is 65.1 cm³/mol. The molecule has 5 heteroatoms. The van der Waals surface area contributed by atoms with Crippen molar-refractivity contribution in [1.29, 1.82) is 0 Å². The van der Waals surface area contributed by atoms with Crippen molar-refractivity contribution in [3.63, 3.8) is 0 Å². The summed E-state index contributed by atoms with van der Waals surface area (Å²) in [7, 11) is 1.92. The zero-order valence-corrected chi connectivity index (χ0v) is 9.95. The molecule has 0 spiro atoms. The molecule has 0 aliphatic heterocycles. The average Bonchev–Trinajstić information content (AvgIpc) is 2.93. The Labute approximate surface area is 100 Å². The molecule has 0 aromatic carbocycles. The molecule has 2 aromatic rings. The van der Waals surface area contributed by atoms with Gasteiger partial charge in [0.1, 0.15) is 0 Å². The third-order valence-electron chi connectivity index (χ3n) is 3.35. The Bertz CT molecular complexity index is 508. The lowest BCUT2D eigenvalue weighted by atomic mass is 10.2. The first-order valence-corrected chi connectivity index (χ1v) is 5.99. The number of nitrogens with two attached hydrogens (primary N) is 1. The quantitative estimate of drug-likeness (QED) is 0.854. The van der Waals surface area contributed by atoms with E-state index in [1.54, 1.807) is 4.68 Å². The van der Waals surface area contributed by atoms with Crippen molar-refractivity contribution in [1.82, 2.24) is 19.3 Å². The van der Waals surface area contributed by atoms with Crippen molar-refractivity contribution in [3.05, 3.63) is 24.9 Å². The second-order valence-electron chi connectivity index (χ2n) is 4.84. The number of imidazole rings is 1. The van der Waals surface area contributed by atoms with Gasteiger partial charge < -0.3 is 10.3 Å². The second-order valence-corrected chi connectivity index (χ2v) is 4.84. The van der Waals surface area contributed by atoms with E-state index < -0.39 is 0 Å². The summed E-state index contributed by atoms with van der Waals surface area (Å²) in [6.45, 7) is 0.842. The van der Waals surface area contributed by atoms with Gasteiger partial charge in [-0.1, -0.05) is 0 Å². The maximum Gasteiger partial charge on any atom is 0.0951 e. The summed E-state index contributed by atoms with van der Waals surface area (Å²) in [5, 5.41) is 4.18. The van der Waals surface area contributed by atoms with Gasteiger partial charge in [-0.2, -0.15) is 5.10 Å². The van der Waals surface area contributed by atoms with Crippen molar-refractivity contribution in [2.45, 2.75) is 25.4 Å². The molecule has 1 atom stereocenters. The van der Waals surface area contributed by atoms with E-state index in [2.05, 4.69) is 14.6 Å². The number of aryl methyl sites for hydroxylation is 1. The first kappa shape index (κ1) is 10.5. The first-order chi connectivity index (χ1) is 8.24. The van der Waals surface area contributed by atoms with Gasteiger partial charge in [-0.3, -0.25) is 4.68 Å². The molecule has 5 nitrogen and oxygen atoms in total. The van der Waals surface area contributed by atoms with Crippen LogP contribution < -0.4 is 5.73 Å². The van der Waals surface area contributed by atoms with E-state index in [-0.39, 0.29) is 6.04 Å². The number of rotatable bonds is 4. The summed E-state index contributed by atoms with van der Waals surface area (Å²) >= 11 is 0. The molecule has 90 valence electrons. The Balaban J connectivity index is 1.83. The Kier molecular flexibility index (Phi) is 2.48. The summed E-state index contributed by atoms with van der Waals surface area (Å²) in [5.74, 6) is 0.708. The largest absolute Gasteiger partial charge is 0.329 e. The summed E-state index contributed by atoms with van der Waals surface area (Å²) in [5.41, 5.74) is 8.34. The van der Waals surface area contributed by atoms with Crippen LogP contribution in [0, 0.1) is 5.92 Å². The minimum Gasteiger partial charge on any atom is -0.329 e. The van der Waals surface area contributed by atoms with Gasteiger partial charge in [-0.15, -0.1) is 0 Å². The van der Waals surface area contributed by atoms with Crippen LogP contribution in [0.25, 0.3) is 11.3 Å². The van der Waals surface area contributed by atoms with E-state index >= 15 is 0 Å². The molecule has 0 radical (unpaired) electrons. The molecule has 1 aliphatic carbocycles. The fraction of sp³-hybridized carbons (Fsp3) is 0.500. The SMILES string of the molecule is Cn1cc(-c2cncn2CC(N)C2CC2)cn1. The Morgan fingerprint density at radius 3 is 2.94 bits per heavy atom. The number of hydrogen-bond acceptors (Lipinski definition) is 3. The van der Waals surface area contributed by atoms with Crippen molar-refractivity contribution < 1.29 is 0 Å². The molecule has 2 heterocycles. The molecule has 1 fully saturated rings. The van der Waals surface area contributed by atoms with Crippen LogP contribution in [-0.4, -0.2) is 25.4 Å². The molecule has 0 saturated heterocycles. The molecule has 2 N–H and O–H groups in total. The lowest BCUT2D eigenvalue weighted by Crippen LogP contribution is -2.28. The van der Waals surface area contributed by atoms with Crippen LogP contribution in [0.3, 0.4) is 0 Å². The lowest BCUT2D eigenvalue weighted by molar-refractivity contribution is 0.505. The van der Waals surface area contributed by atoms with Crippen LogP contribution in [0.15, 0.2) is 24.9 Å². The van der Waals surface area contributed by atoms with E-state index in [1.165, 1.54) is 12.8 Å². The van der Waals surface area contributed by atoms with Crippen LogP contribution >= 0.6 is 0 Å². The van der Waals surface area contributed by atoms with E-state index in [9.17, 15) is 0 Å². The first-order valence-electron chi connectivity index (χ1n) is 5.99. The van der Waals surface area contributed by atoms with Crippen LogP contribution in [-0.2, 0) is 13.6 Å². The highest BCUT2D eigenvalue weighted by Gasteiger charge is 2.28. The average molecular weight is 231 g/mol. The van der Waals surface area contributed by atoms with Crippen molar-refractivity contribution in [2.75, 3.05) is 0 Å². The maximum atomic E-state index is 6.15. The topological polar surface area (TPSA) is 61.7 Å². The summed E-state index contributed by atoms with van der Waals surface area (Å²) in [6.07, 6.45) is 10.1. The van der Waals surface area contributed by atoms with E-state index in [0.29, 0.717) is 5.92 Å². The molecule has 1 unspecified atom stereocenters. The van der Waals surface area contributed by atoms with Crippen molar-refractivity contribution in [2.24, 2.45) is 18.7 Å². The molecule has 0 amide bonds. The van der Waals surface area contributed by atoms with Crippen molar-refractivity contribution >= 4 is 0 Å². The molecular formula is C12H17N5. The molecule has 3 rings (SSSR count). The molecule has 0 bridgehead atoms. The Morgan fingerprint density at radius 2 is 2.29 bits per heavy atom. The molecule has 1 aliphatic rings. The highest BCUT2D eigenvalue weighted by Crippen LogP contribution is 2.32. The van der Waals surface area contributed by atoms with Gasteiger partial charge in [0.2, 0.25) is 0 Å². The number of hydrogen-bond donors (Lipinski definition) is 1. The van der Waals surface area contributed by atoms with Gasteiger partial charge in [0.15, 0.2) is 0 Å². The molecular weight excluding hydrogens is 214 g/mol. The molecule has 2 aromatic heterocycles. The zero-order chi connectivity index (χ0) is 11.8. The van der Waals surface area contributed by atoms with E-state index in [1.807, 2.05) is 32.0 Å². The number of nitrogens with zero attached hydrogens (tertiary/aromatic N) is 4. The fourth-order valence-electron chi connectivity index (χ4n) is 2.16. The number of aromatic nitrogens is 4. The highest BCUT2D eigenvalue weighted by atomic mass is 15.2. The minimum atomic E-state index is 0.250. The smallest absolute Gasteiger partial charge is 0.0951 e. The van der Waals surface area contributed by atoms with Crippen LogP contribution in [0.2, 0.25) is 0 Å². The van der Waals surface area contributed by atoms with E-state index in [0.717, 1.165) is 17.8 Å². The third-order valence-corrected chi connectivity index (χ3v) is 3.35. The third kappa shape index (κ3) is 2.10. The molecule has 17 heavy (non-hydrogen) atoms. The van der Waals surface area contributed by atoms with E-state index in [4.69, 9.17) is 5.73 Å². The van der Waals surface area contributed by atoms with Gasteiger partial charge in [0, 0.05) is 31.4 Å². The minimum absolute atomic E-state index is 0.250. The second kappa shape index (κ2) is 4.00. The monoisotopic (exact) mass is 231 g/mol. The van der Waals surface area contributed by atoms with Gasteiger partial charge >= 0.3 is 0 Å². The normalized spacial score (nSPS) is 17.3. The van der Waals surface area contributed by atoms with Gasteiger partial charge in [-0.25, -0.2) is 4.98 Å². The van der Waals surface area contributed by atoms with Crippen molar-refractivity contribution in [3.8, 4) is 11.3 Å². The summed E-state index contributed by atoms with van der Waals surface area (Å²) < 4.78 is 3.92. The maximum absolute atomic E-state index is 6.15. The standard InChI is InChI=1S/C12H17N5/c1-16-6-10(4-15-16)12-5-14-8-17(12)7-11(13)9-2-3-9/h4-6,8-9,11H,2-3,7,13H2,1H3. The van der Waals surface area contributed by atoms with Crippen LogP contribution in [0.1, 0.15) is 12.8 Å². The summed E-state index contributed by atoms with van der Waals surface area (Å²) in [6, 6.07) is 0.250. The zero-order valence-electron chi connectivity index (χ0n) is 9.95. The highest BCUT2D eigenvalue weighted by molar-refractivity contribution is 5.56. The Hall–Kier alpha value is -1.62. The van der Waals surface area contributed by atoms with Crippen LogP contribution in [0.4, 0.5) is 0 Å². The van der Waals surface area contributed by atoms with Gasteiger partial charge in [0.25, 0.3) is 0 Å². The lowest BCUT2D eigenvalue weighted by Gasteiger charge is -2.13. The van der Waals surface area contributed by atoms with Gasteiger partial charge in [0.05, 0.1) is 24.4 Å². The van der Waals surface area contributed by atoms with Crippen LogP contribution in [0.5, 0.6) is 0 Å². The summed E-state index contributed by atoms with van der Waals surface area (Å²) in [4.78, 5) is 4.21. The van der Waals surface area contributed by atoms with Gasteiger partial charge in [-0.05, 0) is 18.8 Å². The predicted octanol–water partition coefficient (Wildman–Crippen LogP) is 1.02.